The zero-order valence-corrected chi connectivity index (χ0v) is 11.0. The van der Waals surface area contributed by atoms with E-state index in [1.165, 1.54) is 10.1 Å². The molecule has 1 aliphatic heterocycles. The van der Waals surface area contributed by atoms with Crippen LogP contribution in [0.15, 0.2) is 30.3 Å². The molecule has 0 saturated carbocycles. The molecule has 2 N–H and O–H groups in total. The molecule has 2 aromatic rings. The SMILES string of the molecule is OC(CNC1CCOC1)c1cc2ccccc2s1. The van der Waals surface area contributed by atoms with Gasteiger partial charge in [-0.1, -0.05) is 18.2 Å². The number of ether oxygens (including phenoxy) is 1. The Balaban J connectivity index is 1.65. The van der Waals surface area contributed by atoms with Gasteiger partial charge in [-0.25, -0.2) is 0 Å². The van der Waals surface area contributed by atoms with E-state index in [4.69, 9.17) is 4.74 Å². The van der Waals surface area contributed by atoms with Crippen molar-refractivity contribution in [2.24, 2.45) is 0 Å². The highest BCUT2D eigenvalue weighted by Gasteiger charge is 2.17. The summed E-state index contributed by atoms with van der Waals surface area (Å²) in [6, 6.07) is 10.7. The van der Waals surface area contributed by atoms with Crippen LogP contribution in [-0.4, -0.2) is 30.9 Å². The van der Waals surface area contributed by atoms with Crippen LogP contribution in [0.25, 0.3) is 10.1 Å². The van der Waals surface area contributed by atoms with Crippen LogP contribution >= 0.6 is 11.3 Å². The third-order valence-corrected chi connectivity index (χ3v) is 4.52. The predicted molar refractivity (Wildman–Crippen MR) is 74.0 cm³/mol. The van der Waals surface area contributed by atoms with Gasteiger partial charge in [-0.15, -0.1) is 11.3 Å². The van der Waals surface area contributed by atoms with Crippen LogP contribution in [0.1, 0.15) is 17.4 Å². The van der Waals surface area contributed by atoms with Crippen LogP contribution in [0.4, 0.5) is 0 Å². The molecule has 0 bridgehead atoms. The van der Waals surface area contributed by atoms with Gasteiger partial charge in [-0.05, 0) is 23.9 Å². The summed E-state index contributed by atoms with van der Waals surface area (Å²) >= 11 is 1.67. The van der Waals surface area contributed by atoms with Crippen LogP contribution in [0.5, 0.6) is 0 Å². The smallest absolute Gasteiger partial charge is 0.101 e. The number of aliphatic hydroxyl groups is 1. The summed E-state index contributed by atoms with van der Waals surface area (Å²) in [7, 11) is 0. The summed E-state index contributed by atoms with van der Waals surface area (Å²) in [5.41, 5.74) is 0. The van der Waals surface area contributed by atoms with Crippen molar-refractivity contribution in [2.75, 3.05) is 19.8 Å². The van der Waals surface area contributed by atoms with E-state index in [1.807, 2.05) is 12.1 Å². The molecule has 1 fully saturated rings. The Labute approximate surface area is 110 Å². The maximum Gasteiger partial charge on any atom is 0.101 e. The zero-order valence-electron chi connectivity index (χ0n) is 10.1. The number of thiophene rings is 1. The molecule has 0 amide bonds. The lowest BCUT2D eigenvalue weighted by atomic mass is 10.2. The Kier molecular flexibility index (Phi) is 3.61. The van der Waals surface area contributed by atoms with E-state index < -0.39 is 6.10 Å². The molecule has 0 aliphatic carbocycles. The van der Waals surface area contributed by atoms with E-state index in [9.17, 15) is 5.11 Å². The van der Waals surface area contributed by atoms with Crippen molar-refractivity contribution in [3.63, 3.8) is 0 Å². The predicted octanol–water partition coefficient (Wildman–Crippen LogP) is 2.31. The van der Waals surface area contributed by atoms with E-state index in [0.29, 0.717) is 12.6 Å². The molecule has 0 spiro atoms. The third-order valence-electron chi connectivity index (χ3n) is 3.30. The van der Waals surface area contributed by atoms with Crippen LogP contribution in [-0.2, 0) is 4.74 Å². The van der Waals surface area contributed by atoms with Gasteiger partial charge in [0.15, 0.2) is 0 Å². The Hall–Kier alpha value is -0.940. The standard InChI is InChI=1S/C14H17NO2S/c16-12(8-15-11-5-6-17-9-11)14-7-10-3-1-2-4-13(10)18-14/h1-4,7,11-12,15-16H,5-6,8-9H2. The number of hydrogen-bond donors (Lipinski definition) is 2. The summed E-state index contributed by atoms with van der Waals surface area (Å²) in [4.78, 5) is 1.03. The minimum absolute atomic E-state index is 0.397. The Morgan fingerprint density at radius 2 is 2.33 bits per heavy atom. The molecule has 1 aliphatic rings. The molecule has 2 heterocycles. The van der Waals surface area contributed by atoms with Crippen molar-refractivity contribution >= 4 is 21.4 Å². The highest BCUT2D eigenvalue weighted by Crippen LogP contribution is 2.29. The molecule has 2 atom stereocenters. The first-order chi connectivity index (χ1) is 8.83. The molecule has 18 heavy (non-hydrogen) atoms. The maximum atomic E-state index is 10.2. The topological polar surface area (TPSA) is 41.5 Å². The van der Waals surface area contributed by atoms with Gasteiger partial charge in [0, 0.05) is 28.8 Å². The zero-order chi connectivity index (χ0) is 12.4. The average Bonchev–Trinajstić information content (AvgIpc) is 3.04. The molecule has 1 saturated heterocycles. The quantitative estimate of drug-likeness (QED) is 0.889. The van der Waals surface area contributed by atoms with Crippen LogP contribution in [0.2, 0.25) is 0 Å². The second-order valence-corrected chi connectivity index (χ2v) is 5.79. The number of benzene rings is 1. The molecule has 0 radical (unpaired) electrons. The van der Waals surface area contributed by atoms with Crippen molar-refractivity contribution in [1.29, 1.82) is 0 Å². The van der Waals surface area contributed by atoms with Crippen molar-refractivity contribution in [1.82, 2.24) is 5.32 Å². The van der Waals surface area contributed by atoms with E-state index in [2.05, 4.69) is 23.5 Å². The summed E-state index contributed by atoms with van der Waals surface area (Å²) in [6.45, 7) is 2.19. The third kappa shape index (κ3) is 2.57. The molecule has 96 valence electrons. The van der Waals surface area contributed by atoms with Crippen molar-refractivity contribution in [3.05, 3.63) is 35.2 Å². The average molecular weight is 263 g/mol. The fourth-order valence-electron chi connectivity index (χ4n) is 2.24. The molecule has 1 aromatic heterocycles. The van der Waals surface area contributed by atoms with Crippen LogP contribution in [0.3, 0.4) is 0 Å². The summed E-state index contributed by atoms with van der Waals surface area (Å²) in [5.74, 6) is 0. The number of rotatable bonds is 4. The first-order valence-electron chi connectivity index (χ1n) is 6.30. The van der Waals surface area contributed by atoms with Gasteiger partial charge in [0.25, 0.3) is 0 Å². The Morgan fingerprint density at radius 3 is 3.11 bits per heavy atom. The minimum atomic E-state index is -0.428. The van der Waals surface area contributed by atoms with Gasteiger partial charge in [-0.2, -0.15) is 0 Å². The van der Waals surface area contributed by atoms with E-state index in [1.54, 1.807) is 11.3 Å². The second kappa shape index (κ2) is 5.36. The van der Waals surface area contributed by atoms with Crippen LogP contribution in [0, 0.1) is 0 Å². The monoisotopic (exact) mass is 263 g/mol. The first kappa shape index (κ1) is 12.1. The molecule has 3 rings (SSSR count). The van der Waals surface area contributed by atoms with E-state index in [0.717, 1.165) is 24.5 Å². The van der Waals surface area contributed by atoms with Gasteiger partial charge in [0.05, 0.1) is 6.61 Å². The highest BCUT2D eigenvalue weighted by atomic mass is 32.1. The minimum Gasteiger partial charge on any atom is -0.386 e. The molecule has 2 unspecified atom stereocenters. The van der Waals surface area contributed by atoms with Crippen molar-refractivity contribution in [3.8, 4) is 0 Å². The fraction of sp³-hybridized carbons (Fsp3) is 0.429. The van der Waals surface area contributed by atoms with Crippen molar-refractivity contribution in [2.45, 2.75) is 18.6 Å². The molecule has 4 heteroatoms. The lowest BCUT2D eigenvalue weighted by Gasteiger charge is -2.13. The van der Waals surface area contributed by atoms with Crippen LogP contribution < -0.4 is 5.32 Å². The van der Waals surface area contributed by atoms with Gasteiger partial charge in [0.1, 0.15) is 6.10 Å². The second-order valence-electron chi connectivity index (χ2n) is 4.67. The molecule has 1 aromatic carbocycles. The molecule has 3 nitrogen and oxygen atoms in total. The Bertz CT molecular complexity index is 486. The maximum absolute atomic E-state index is 10.2. The van der Waals surface area contributed by atoms with E-state index >= 15 is 0 Å². The number of fused-ring (bicyclic) bond motifs is 1. The summed E-state index contributed by atoms with van der Waals surface area (Å²) < 4.78 is 6.53. The Morgan fingerprint density at radius 1 is 1.44 bits per heavy atom. The lowest BCUT2D eigenvalue weighted by Crippen LogP contribution is -2.32. The molecular formula is C14H17NO2S. The van der Waals surface area contributed by atoms with Gasteiger partial charge in [0.2, 0.25) is 0 Å². The van der Waals surface area contributed by atoms with Gasteiger partial charge < -0.3 is 15.2 Å². The lowest BCUT2D eigenvalue weighted by molar-refractivity contribution is 0.163. The highest BCUT2D eigenvalue weighted by molar-refractivity contribution is 7.19. The summed E-state index contributed by atoms with van der Waals surface area (Å²) in [5, 5.41) is 14.8. The fourth-order valence-corrected chi connectivity index (χ4v) is 3.29. The number of nitrogens with one attached hydrogen (secondary N) is 1. The normalized spacial score (nSPS) is 21.5. The van der Waals surface area contributed by atoms with E-state index in [-0.39, 0.29) is 0 Å². The molecular weight excluding hydrogens is 246 g/mol. The number of aliphatic hydroxyl groups excluding tert-OH is 1. The number of hydrogen-bond acceptors (Lipinski definition) is 4. The summed E-state index contributed by atoms with van der Waals surface area (Å²) in [6.07, 6.45) is 0.613. The van der Waals surface area contributed by atoms with Gasteiger partial charge >= 0.3 is 0 Å². The largest absolute Gasteiger partial charge is 0.386 e. The van der Waals surface area contributed by atoms with Gasteiger partial charge in [-0.3, -0.25) is 0 Å². The van der Waals surface area contributed by atoms with Crippen molar-refractivity contribution < 1.29 is 9.84 Å². The first-order valence-corrected chi connectivity index (χ1v) is 7.12.